The van der Waals surface area contributed by atoms with Crippen molar-refractivity contribution in [2.75, 3.05) is 17.2 Å². The molecule has 2 aliphatic rings. The van der Waals surface area contributed by atoms with Crippen molar-refractivity contribution in [3.8, 4) is 0 Å². The molecule has 0 radical (unpaired) electrons. The fourth-order valence-electron chi connectivity index (χ4n) is 2.51. The largest absolute Gasteiger partial charge is 0.298 e. The van der Waals surface area contributed by atoms with Crippen molar-refractivity contribution in [3.63, 3.8) is 0 Å². The molecule has 1 fully saturated rings. The molecule has 1 heterocycles. The summed E-state index contributed by atoms with van der Waals surface area (Å²) in [7, 11) is 0. The summed E-state index contributed by atoms with van der Waals surface area (Å²) in [5, 5.41) is 1.51. The first kappa shape index (κ1) is 12.2. The Morgan fingerprint density at radius 1 is 1.27 bits per heavy atom. The fraction of sp³-hybridized carbons (Fsp3) is 0.800. The molecule has 1 saturated carbocycles. The lowest BCUT2D eigenvalue weighted by molar-refractivity contribution is -0.130. The van der Waals surface area contributed by atoms with Gasteiger partial charge in [-0.1, -0.05) is 31.9 Å². The van der Waals surface area contributed by atoms with E-state index in [2.05, 4.69) is 52.8 Å². The van der Waals surface area contributed by atoms with Crippen LogP contribution in [0.1, 0.15) is 19.3 Å². The van der Waals surface area contributed by atoms with Crippen LogP contribution in [0.3, 0.4) is 0 Å². The topological polar surface area (TPSA) is 29.4 Å². The average Bonchev–Trinajstić information content (AvgIpc) is 2.74. The fourth-order valence-corrected chi connectivity index (χ4v) is 5.17. The van der Waals surface area contributed by atoms with Crippen molar-refractivity contribution in [1.29, 1.82) is 0 Å². The first-order valence-electron chi connectivity index (χ1n) is 4.94. The highest BCUT2D eigenvalue weighted by atomic mass is 79.9. The molecule has 1 aliphatic heterocycles. The molecule has 0 saturated heterocycles. The molecule has 0 N–H and O–H groups in total. The monoisotopic (exact) mass is 399 g/mol. The van der Waals surface area contributed by atoms with Crippen molar-refractivity contribution in [2.24, 2.45) is 15.8 Å². The predicted molar refractivity (Wildman–Crippen MR) is 72.5 cm³/mol. The Morgan fingerprint density at radius 2 is 1.93 bits per heavy atom. The molecule has 0 amide bonds. The van der Waals surface area contributed by atoms with Crippen molar-refractivity contribution < 1.29 is 4.79 Å². The van der Waals surface area contributed by atoms with Gasteiger partial charge in [0.25, 0.3) is 0 Å². The van der Waals surface area contributed by atoms with E-state index in [1.165, 1.54) is 0 Å². The van der Waals surface area contributed by atoms with Crippen LogP contribution in [0.4, 0.5) is 0 Å². The summed E-state index contributed by atoms with van der Waals surface area (Å²) in [6.45, 7) is 0.675. The van der Waals surface area contributed by atoms with E-state index in [-0.39, 0.29) is 10.8 Å². The molecule has 2 rings (SSSR count). The van der Waals surface area contributed by atoms with Gasteiger partial charge in [0.05, 0.1) is 16.6 Å². The highest BCUT2D eigenvalue weighted by Crippen LogP contribution is 2.52. The van der Waals surface area contributed by atoms with E-state index in [4.69, 9.17) is 0 Å². The Balaban J connectivity index is 2.25. The van der Waals surface area contributed by atoms with Gasteiger partial charge in [-0.3, -0.25) is 9.79 Å². The van der Waals surface area contributed by atoms with Gasteiger partial charge in [0, 0.05) is 22.5 Å². The molecule has 1 spiro atoms. The third-order valence-corrected chi connectivity index (χ3v) is 6.27. The molecule has 2 nitrogen and oxygen atoms in total. The second kappa shape index (κ2) is 4.22. The quantitative estimate of drug-likeness (QED) is 0.653. The first-order chi connectivity index (χ1) is 7.08. The molecule has 0 bridgehead atoms. The Bertz CT molecular complexity index is 325. The minimum absolute atomic E-state index is 0.194. The Kier molecular flexibility index (Phi) is 3.45. The van der Waals surface area contributed by atoms with Crippen LogP contribution < -0.4 is 0 Å². The summed E-state index contributed by atoms with van der Waals surface area (Å²) in [5.74, 6) is 0.391. The van der Waals surface area contributed by atoms with Crippen LogP contribution in [-0.4, -0.2) is 27.6 Å². The van der Waals surface area contributed by atoms with E-state index in [9.17, 15) is 4.79 Å². The van der Waals surface area contributed by atoms with E-state index in [0.717, 1.165) is 34.5 Å². The second-order valence-electron chi connectivity index (χ2n) is 4.53. The van der Waals surface area contributed by atoms with Crippen LogP contribution in [0.25, 0.3) is 0 Å². The highest BCUT2D eigenvalue weighted by Gasteiger charge is 2.56. The molecule has 1 atom stereocenters. The number of hydrogen-bond donors (Lipinski definition) is 0. The summed E-state index contributed by atoms with van der Waals surface area (Å²) in [5.41, 5.74) is -0.395. The normalized spacial score (nSPS) is 33.8. The predicted octanol–water partition coefficient (Wildman–Crippen LogP) is 3.31. The number of rotatable bonds is 2. The van der Waals surface area contributed by atoms with Gasteiger partial charge in [-0.2, -0.15) is 0 Å². The number of carbonyl (C=O) groups is 1. The van der Waals surface area contributed by atoms with Gasteiger partial charge < -0.3 is 0 Å². The molecular formula is C10H12Br3NO. The van der Waals surface area contributed by atoms with Crippen LogP contribution in [0.15, 0.2) is 4.99 Å². The number of nitrogens with zero attached hydrogens (tertiary/aromatic N) is 1. The number of halogens is 3. The summed E-state index contributed by atoms with van der Waals surface area (Å²) in [6, 6.07) is 0. The van der Waals surface area contributed by atoms with E-state index < -0.39 is 0 Å². The summed E-state index contributed by atoms with van der Waals surface area (Å²) in [4.78, 5) is 16.8. The minimum atomic E-state index is -0.201. The summed E-state index contributed by atoms with van der Waals surface area (Å²) < 4.78 is 0.954. The molecule has 15 heavy (non-hydrogen) atoms. The SMILES string of the molecule is O=C1C(CBr)(CBr)CC[C@@]12CN=C(Br)C2. The Labute approximate surface area is 115 Å². The highest BCUT2D eigenvalue weighted by molar-refractivity contribution is 9.18. The molecule has 84 valence electrons. The van der Waals surface area contributed by atoms with Crippen LogP contribution >= 0.6 is 47.8 Å². The lowest BCUT2D eigenvalue weighted by Crippen LogP contribution is -2.38. The number of carbonyl (C=O) groups excluding carboxylic acids is 1. The van der Waals surface area contributed by atoms with Crippen LogP contribution in [0.2, 0.25) is 0 Å². The van der Waals surface area contributed by atoms with Crippen LogP contribution in [0, 0.1) is 10.8 Å². The second-order valence-corrected chi connectivity index (χ2v) is 6.56. The molecular weight excluding hydrogens is 390 g/mol. The van der Waals surface area contributed by atoms with Gasteiger partial charge in [0.2, 0.25) is 0 Å². The molecule has 0 aromatic carbocycles. The zero-order chi connectivity index (χ0) is 11.1. The molecule has 0 aromatic heterocycles. The molecule has 5 heteroatoms. The van der Waals surface area contributed by atoms with E-state index in [1.807, 2.05) is 0 Å². The van der Waals surface area contributed by atoms with Crippen LogP contribution in [-0.2, 0) is 4.79 Å². The smallest absolute Gasteiger partial charge is 0.149 e. The summed E-state index contributed by atoms with van der Waals surface area (Å²) in [6.07, 6.45) is 2.74. The van der Waals surface area contributed by atoms with E-state index >= 15 is 0 Å². The van der Waals surface area contributed by atoms with Crippen molar-refractivity contribution in [2.45, 2.75) is 19.3 Å². The molecule has 0 aromatic rings. The van der Waals surface area contributed by atoms with Gasteiger partial charge in [0.15, 0.2) is 0 Å². The number of alkyl halides is 2. The lowest BCUT2D eigenvalue weighted by Gasteiger charge is -2.26. The van der Waals surface area contributed by atoms with Gasteiger partial charge in [-0.05, 0) is 28.8 Å². The zero-order valence-corrected chi connectivity index (χ0v) is 13.0. The maximum atomic E-state index is 12.5. The summed E-state index contributed by atoms with van der Waals surface area (Å²) >= 11 is 10.4. The number of Topliss-reactive ketones (excluding diaryl/α,β-unsaturated/α-hetero) is 1. The van der Waals surface area contributed by atoms with E-state index in [1.54, 1.807) is 0 Å². The van der Waals surface area contributed by atoms with E-state index in [0.29, 0.717) is 12.3 Å². The van der Waals surface area contributed by atoms with Crippen LogP contribution in [0.5, 0.6) is 0 Å². The maximum Gasteiger partial charge on any atom is 0.149 e. The average molecular weight is 402 g/mol. The first-order valence-corrected chi connectivity index (χ1v) is 7.98. The number of hydrogen-bond acceptors (Lipinski definition) is 2. The lowest BCUT2D eigenvalue weighted by atomic mass is 9.79. The van der Waals surface area contributed by atoms with Gasteiger partial charge in [-0.25, -0.2) is 0 Å². The van der Waals surface area contributed by atoms with Crippen molar-refractivity contribution in [3.05, 3.63) is 0 Å². The van der Waals surface area contributed by atoms with Gasteiger partial charge >= 0.3 is 0 Å². The number of aliphatic imine (C=N–C) groups is 1. The third-order valence-electron chi connectivity index (χ3n) is 3.59. The zero-order valence-electron chi connectivity index (χ0n) is 8.23. The molecule has 1 aliphatic carbocycles. The third kappa shape index (κ3) is 1.78. The number of ketones is 1. The standard InChI is InChI=1S/C10H12Br3NO/c11-4-10(5-12)2-1-9(8(10)15)3-7(13)14-6-9/h1-6H2/t9-/m1/s1. The molecule has 0 unspecified atom stereocenters. The Morgan fingerprint density at radius 3 is 2.33 bits per heavy atom. The van der Waals surface area contributed by atoms with Crippen molar-refractivity contribution in [1.82, 2.24) is 0 Å². The maximum absolute atomic E-state index is 12.5. The van der Waals surface area contributed by atoms with Crippen molar-refractivity contribution >= 4 is 58.2 Å². The minimum Gasteiger partial charge on any atom is -0.298 e. The Hall–Kier alpha value is 0.780. The van der Waals surface area contributed by atoms with Gasteiger partial charge in [-0.15, -0.1) is 0 Å². The van der Waals surface area contributed by atoms with Gasteiger partial charge in [0.1, 0.15) is 5.78 Å².